The molecule has 2 aromatic rings. The van der Waals surface area contributed by atoms with Crippen LogP contribution in [0.4, 0.5) is 5.82 Å². The van der Waals surface area contributed by atoms with Gasteiger partial charge in [0.25, 0.3) is 0 Å². The zero-order valence-electron chi connectivity index (χ0n) is 13.2. The van der Waals surface area contributed by atoms with E-state index in [9.17, 15) is 0 Å². The van der Waals surface area contributed by atoms with Crippen molar-refractivity contribution in [2.75, 3.05) is 18.4 Å². The van der Waals surface area contributed by atoms with Crippen LogP contribution in [0.15, 0.2) is 12.1 Å². The maximum Gasteiger partial charge on any atom is 0.157 e. The molecule has 0 saturated carbocycles. The molecule has 1 atom stereocenters. The van der Waals surface area contributed by atoms with Crippen LogP contribution in [0.2, 0.25) is 0 Å². The summed E-state index contributed by atoms with van der Waals surface area (Å²) in [5.74, 6) is 1.58. The lowest BCUT2D eigenvalue weighted by Gasteiger charge is -2.14. The average Bonchev–Trinajstić information content (AvgIpc) is 3.09. The SMILES string of the molecule is CCC(CC)c1cc2nc(C)cc(NC3CCNC3)n2n1. The zero-order valence-corrected chi connectivity index (χ0v) is 13.2. The summed E-state index contributed by atoms with van der Waals surface area (Å²) >= 11 is 0. The second-order valence-electron chi connectivity index (χ2n) is 5.97. The van der Waals surface area contributed by atoms with Crippen molar-refractivity contribution in [2.45, 2.75) is 52.0 Å². The highest BCUT2D eigenvalue weighted by Gasteiger charge is 2.18. The van der Waals surface area contributed by atoms with E-state index in [0.717, 1.165) is 55.2 Å². The van der Waals surface area contributed by atoms with Gasteiger partial charge in [0.1, 0.15) is 5.82 Å². The standard InChI is InChI=1S/C16H25N5/c1-4-12(5-2)14-9-16-18-11(3)8-15(21(16)20-14)19-13-6-7-17-10-13/h8-9,12-13,17,19H,4-7,10H2,1-3H3. The Morgan fingerprint density at radius 3 is 2.86 bits per heavy atom. The Hall–Kier alpha value is -1.62. The molecule has 0 aliphatic carbocycles. The van der Waals surface area contributed by atoms with E-state index in [1.165, 1.54) is 0 Å². The third-order valence-corrected chi connectivity index (χ3v) is 4.39. The predicted molar refractivity (Wildman–Crippen MR) is 85.9 cm³/mol. The molecule has 0 bridgehead atoms. The highest BCUT2D eigenvalue weighted by Crippen LogP contribution is 2.24. The number of nitrogens with one attached hydrogen (secondary N) is 2. The van der Waals surface area contributed by atoms with E-state index in [1.54, 1.807) is 0 Å². The lowest BCUT2D eigenvalue weighted by Crippen LogP contribution is -2.23. The molecule has 1 fully saturated rings. The van der Waals surface area contributed by atoms with Gasteiger partial charge in [0.2, 0.25) is 0 Å². The van der Waals surface area contributed by atoms with Crippen molar-refractivity contribution < 1.29 is 0 Å². The van der Waals surface area contributed by atoms with Gasteiger partial charge in [0, 0.05) is 36.3 Å². The number of rotatable bonds is 5. The first-order valence-electron chi connectivity index (χ1n) is 8.05. The van der Waals surface area contributed by atoms with E-state index in [4.69, 9.17) is 5.10 Å². The van der Waals surface area contributed by atoms with Crippen molar-refractivity contribution in [1.82, 2.24) is 19.9 Å². The number of fused-ring (bicyclic) bond motifs is 1. The molecule has 5 nitrogen and oxygen atoms in total. The fraction of sp³-hybridized carbons (Fsp3) is 0.625. The lowest BCUT2D eigenvalue weighted by atomic mass is 10.00. The summed E-state index contributed by atoms with van der Waals surface area (Å²) < 4.78 is 1.97. The fourth-order valence-corrected chi connectivity index (χ4v) is 3.11. The van der Waals surface area contributed by atoms with Crippen molar-refractivity contribution in [3.05, 3.63) is 23.5 Å². The van der Waals surface area contributed by atoms with E-state index >= 15 is 0 Å². The summed E-state index contributed by atoms with van der Waals surface area (Å²) in [5.41, 5.74) is 3.14. The molecular formula is C16H25N5. The van der Waals surface area contributed by atoms with Crippen molar-refractivity contribution in [3.63, 3.8) is 0 Å². The molecule has 21 heavy (non-hydrogen) atoms. The summed E-state index contributed by atoms with van der Waals surface area (Å²) in [5, 5.41) is 11.8. The zero-order chi connectivity index (χ0) is 14.8. The highest BCUT2D eigenvalue weighted by molar-refractivity contribution is 5.51. The van der Waals surface area contributed by atoms with E-state index in [2.05, 4.69) is 41.6 Å². The lowest BCUT2D eigenvalue weighted by molar-refractivity contribution is 0.616. The molecule has 3 rings (SSSR count). The molecule has 5 heteroatoms. The van der Waals surface area contributed by atoms with Gasteiger partial charge in [-0.25, -0.2) is 4.98 Å². The summed E-state index contributed by atoms with van der Waals surface area (Å²) in [7, 11) is 0. The van der Waals surface area contributed by atoms with Gasteiger partial charge in [0.15, 0.2) is 5.65 Å². The first-order chi connectivity index (χ1) is 10.2. The molecule has 2 aromatic heterocycles. The van der Waals surface area contributed by atoms with E-state index in [1.807, 2.05) is 11.4 Å². The van der Waals surface area contributed by atoms with Gasteiger partial charge in [-0.05, 0) is 32.7 Å². The van der Waals surface area contributed by atoms with Crippen molar-refractivity contribution in [3.8, 4) is 0 Å². The Balaban J connectivity index is 1.98. The van der Waals surface area contributed by atoms with E-state index < -0.39 is 0 Å². The average molecular weight is 287 g/mol. The number of anilines is 1. The molecular weight excluding hydrogens is 262 g/mol. The largest absolute Gasteiger partial charge is 0.366 e. The quantitative estimate of drug-likeness (QED) is 0.888. The number of hydrogen-bond acceptors (Lipinski definition) is 4. The molecule has 0 radical (unpaired) electrons. The molecule has 0 amide bonds. The monoisotopic (exact) mass is 287 g/mol. The summed E-state index contributed by atoms with van der Waals surface area (Å²) in [6, 6.07) is 4.72. The van der Waals surface area contributed by atoms with E-state index in [0.29, 0.717) is 12.0 Å². The number of aromatic nitrogens is 3. The van der Waals surface area contributed by atoms with Gasteiger partial charge in [-0.3, -0.25) is 0 Å². The minimum Gasteiger partial charge on any atom is -0.366 e. The van der Waals surface area contributed by atoms with Crippen LogP contribution in [0.3, 0.4) is 0 Å². The van der Waals surface area contributed by atoms with Crippen LogP contribution in [0.5, 0.6) is 0 Å². The van der Waals surface area contributed by atoms with Gasteiger partial charge >= 0.3 is 0 Å². The van der Waals surface area contributed by atoms with Crippen LogP contribution in [-0.4, -0.2) is 33.7 Å². The molecule has 1 aliphatic rings. The third-order valence-electron chi connectivity index (χ3n) is 4.39. The first kappa shape index (κ1) is 14.3. The fourth-order valence-electron chi connectivity index (χ4n) is 3.11. The normalized spacial score (nSPS) is 18.8. The number of hydrogen-bond donors (Lipinski definition) is 2. The molecule has 114 valence electrons. The van der Waals surface area contributed by atoms with Crippen LogP contribution < -0.4 is 10.6 Å². The van der Waals surface area contributed by atoms with Crippen LogP contribution in [-0.2, 0) is 0 Å². The molecule has 0 aromatic carbocycles. The Bertz CT molecular complexity index is 608. The van der Waals surface area contributed by atoms with Gasteiger partial charge < -0.3 is 10.6 Å². The summed E-state index contributed by atoms with van der Waals surface area (Å²) in [6.07, 6.45) is 3.40. The Morgan fingerprint density at radius 2 is 2.19 bits per heavy atom. The minimum absolute atomic E-state index is 0.482. The van der Waals surface area contributed by atoms with Gasteiger partial charge in [-0.2, -0.15) is 9.61 Å². The van der Waals surface area contributed by atoms with E-state index in [-0.39, 0.29) is 0 Å². The maximum absolute atomic E-state index is 4.81. The highest BCUT2D eigenvalue weighted by atomic mass is 15.3. The number of nitrogens with zero attached hydrogens (tertiary/aromatic N) is 3. The maximum atomic E-state index is 4.81. The molecule has 1 saturated heterocycles. The molecule has 2 N–H and O–H groups in total. The van der Waals surface area contributed by atoms with Gasteiger partial charge in [0.05, 0.1) is 5.69 Å². The van der Waals surface area contributed by atoms with Gasteiger partial charge in [-0.1, -0.05) is 13.8 Å². The molecule has 3 heterocycles. The topological polar surface area (TPSA) is 54.2 Å². The van der Waals surface area contributed by atoms with Crippen molar-refractivity contribution in [2.24, 2.45) is 0 Å². The molecule has 1 aliphatic heterocycles. The van der Waals surface area contributed by atoms with Crippen molar-refractivity contribution in [1.29, 1.82) is 0 Å². The predicted octanol–water partition coefficient (Wildman–Crippen LogP) is 2.72. The Morgan fingerprint density at radius 1 is 1.38 bits per heavy atom. The Kier molecular flexibility index (Phi) is 4.10. The van der Waals surface area contributed by atoms with Gasteiger partial charge in [-0.15, -0.1) is 0 Å². The third kappa shape index (κ3) is 2.88. The van der Waals surface area contributed by atoms with Crippen LogP contribution in [0.1, 0.15) is 50.4 Å². The summed E-state index contributed by atoms with van der Waals surface area (Å²) in [6.45, 7) is 8.59. The van der Waals surface area contributed by atoms with Crippen molar-refractivity contribution >= 4 is 11.5 Å². The molecule has 0 spiro atoms. The smallest absolute Gasteiger partial charge is 0.157 e. The second kappa shape index (κ2) is 6.02. The van der Waals surface area contributed by atoms with Crippen LogP contribution >= 0.6 is 0 Å². The van der Waals surface area contributed by atoms with Crippen LogP contribution in [0, 0.1) is 6.92 Å². The minimum atomic E-state index is 0.482. The van der Waals surface area contributed by atoms with Crippen LogP contribution in [0.25, 0.3) is 5.65 Å². The Labute approximate surface area is 126 Å². The first-order valence-corrected chi connectivity index (χ1v) is 8.05. The summed E-state index contributed by atoms with van der Waals surface area (Å²) in [4.78, 5) is 4.63. The number of aryl methyl sites for hydroxylation is 1. The second-order valence-corrected chi connectivity index (χ2v) is 5.97. The molecule has 1 unspecified atom stereocenters.